The number of hydrogen-bond donors (Lipinski definition) is 5. The smallest absolute Gasteiger partial charge is 0.346 e. The standard InChI is InChI=1S/C52H55Cl2N5O11/c1-52-22-21-36-35-18-16-34(25-32(35)13-17-37(36)38(52)19-20-43(52)60)69-29-46(63)59-42(24-31-11-14-33(15-12-31)70-51(67)48-39(53)9-6-10-40(48)54)49(65)56-26-44(61)55-27-45(62)58-41(23-30-7-4-3-5-8-30)50(66)57-28-47(64)68-2/h3-12,14-16,18,25,36-38,41-42H,13,17,19-24,26-29H2,1-2H3,(H,55,61)(H,56,65)(H,57,66)(H,58,62)(H,59,63)/t36-,37-,38+,41+,42+,52+/m1/s1. The number of fused-ring (bicyclic) bond motifs is 5. The van der Waals surface area contributed by atoms with Crippen LogP contribution >= 0.6 is 23.2 Å². The van der Waals surface area contributed by atoms with Crippen LogP contribution in [0.1, 0.15) is 77.6 Å². The monoisotopic (exact) mass is 995 g/mol. The summed E-state index contributed by atoms with van der Waals surface area (Å²) in [4.78, 5) is 103. The van der Waals surface area contributed by atoms with E-state index in [1.54, 1.807) is 48.5 Å². The van der Waals surface area contributed by atoms with Gasteiger partial charge in [-0.3, -0.25) is 33.6 Å². The lowest BCUT2D eigenvalue weighted by Crippen LogP contribution is -2.53. The Bertz CT molecular complexity index is 2610. The summed E-state index contributed by atoms with van der Waals surface area (Å²) in [5.74, 6) is -2.59. The number of Topliss-reactive ketones (excluding diaryl/α,β-unsaturated/α-hetero) is 1. The summed E-state index contributed by atoms with van der Waals surface area (Å²) >= 11 is 12.4. The van der Waals surface area contributed by atoms with Crippen molar-refractivity contribution in [1.82, 2.24) is 26.6 Å². The van der Waals surface area contributed by atoms with Crippen molar-refractivity contribution in [3.63, 3.8) is 0 Å². The minimum Gasteiger partial charge on any atom is -0.484 e. The Hall–Kier alpha value is -6.78. The molecule has 70 heavy (non-hydrogen) atoms. The molecule has 2 saturated carbocycles. The molecule has 7 rings (SSSR count). The molecule has 368 valence electrons. The Labute approximate surface area is 415 Å². The lowest BCUT2D eigenvalue weighted by molar-refractivity contribution is -0.141. The second-order valence-electron chi connectivity index (χ2n) is 18.0. The van der Waals surface area contributed by atoms with Crippen LogP contribution in [-0.2, 0) is 57.6 Å². The Morgan fingerprint density at radius 2 is 1.31 bits per heavy atom. The van der Waals surface area contributed by atoms with E-state index in [9.17, 15) is 38.4 Å². The fourth-order valence-corrected chi connectivity index (χ4v) is 10.5. The van der Waals surface area contributed by atoms with Gasteiger partial charge in [0.05, 0.1) is 35.8 Å². The van der Waals surface area contributed by atoms with Crippen LogP contribution in [0.25, 0.3) is 0 Å². The number of ether oxygens (including phenoxy) is 3. The third-order valence-corrected chi connectivity index (χ3v) is 14.2. The molecule has 4 aromatic carbocycles. The van der Waals surface area contributed by atoms with E-state index in [2.05, 4.69) is 44.3 Å². The third-order valence-electron chi connectivity index (χ3n) is 13.6. The lowest BCUT2D eigenvalue weighted by Gasteiger charge is -2.48. The van der Waals surface area contributed by atoms with Gasteiger partial charge in [0, 0.05) is 24.7 Å². The molecule has 5 amide bonds. The van der Waals surface area contributed by atoms with Gasteiger partial charge in [-0.2, -0.15) is 0 Å². The van der Waals surface area contributed by atoms with Crippen LogP contribution in [-0.4, -0.2) is 92.7 Å². The highest BCUT2D eigenvalue weighted by atomic mass is 35.5. The van der Waals surface area contributed by atoms with Gasteiger partial charge in [0.1, 0.15) is 35.9 Å². The number of benzene rings is 4. The van der Waals surface area contributed by atoms with Gasteiger partial charge in [0.25, 0.3) is 5.91 Å². The highest BCUT2D eigenvalue weighted by molar-refractivity contribution is 6.39. The van der Waals surface area contributed by atoms with E-state index in [0.29, 0.717) is 41.3 Å². The molecule has 0 heterocycles. The average Bonchev–Trinajstić information content (AvgIpc) is 3.66. The number of esters is 2. The molecule has 3 aliphatic carbocycles. The molecule has 16 nitrogen and oxygen atoms in total. The first-order valence-electron chi connectivity index (χ1n) is 23.2. The largest absolute Gasteiger partial charge is 0.484 e. The second kappa shape index (κ2) is 23.2. The van der Waals surface area contributed by atoms with Gasteiger partial charge in [0.2, 0.25) is 23.6 Å². The van der Waals surface area contributed by atoms with E-state index < -0.39 is 79.8 Å². The first kappa shape index (κ1) is 51.1. The van der Waals surface area contributed by atoms with E-state index in [4.69, 9.17) is 32.7 Å². The molecular weight excluding hydrogens is 942 g/mol. The molecule has 0 spiro atoms. The van der Waals surface area contributed by atoms with Crippen LogP contribution in [0.3, 0.4) is 0 Å². The van der Waals surface area contributed by atoms with Crippen LogP contribution in [0.15, 0.2) is 91.0 Å². The number of carbonyl (C=O) groups excluding carboxylic acids is 8. The van der Waals surface area contributed by atoms with Crippen molar-refractivity contribution in [1.29, 1.82) is 0 Å². The summed E-state index contributed by atoms with van der Waals surface area (Å²) in [7, 11) is 1.17. The number of carbonyl (C=O) groups is 8. The molecule has 0 radical (unpaired) electrons. The van der Waals surface area contributed by atoms with Gasteiger partial charge in [0.15, 0.2) is 6.61 Å². The minimum atomic E-state index is -1.22. The molecule has 0 saturated heterocycles. The average molecular weight is 997 g/mol. The van der Waals surface area contributed by atoms with Gasteiger partial charge in [-0.25, -0.2) is 4.79 Å². The Morgan fingerprint density at radius 1 is 0.686 bits per heavy atom. The number of amides is 5. The first-order valence-corrected chi connectivity index (χ1v) is 23.9. The van der Waals surface area contributed by atoms with E-state index in [0.717, 1.165) is 43.2 Å². The zero-order chi connectivity index (χ0) is 50.0. The zero-order valence-electron chi connectivity index (χ0n) is 38.8. The normalized spacial score (nSPS) is 19.7. The van der Waals surface area contributed by atoms with Crippen molar-refractivity contribution >= 4 is 70.5 Å². The highest BCUT2D eigenvalue weighted by Crippen LogP contribution is 2.59. The summed E-state index contributed by atoms with van der Waals surface area (Å²) in [6.45, 7) is 0.196. The van der Waals surface area contributed by atoms with Gasteiger partial charge in [-0.15, -0.1) is 0 Å². The summed E-state index contributed by atoms with van der Waals surface area (Å²) in [6.07, 6.45) is 5.34. The SMILES string of the molecule is COC(=O)CNC(=O)[C@H](Cc1ccccc1)NC(=O)CNC(=O)CNC(=O)[C@H](Cc1ccc(OC(=O)c2c(Cl)cccc2Cl)cc1)NC(=O)COc1ccc2c(c1)CC[C@@H]1[C@@H]2CC[C@]2(C)C(=O)CC[C@@H]12. The molecule has 0 unspecified atom stereocenters. The van der Waals surface area contributed by atoms with E-state index in [1.165, 1.54) is 36.9 Å². The number of nitrogens with one attached hydrogen (secondary N) is 5. The highest BCUT2D eigenvalue weighted by Gasteiger charge is 2.54. The molecule has 18 heteroatoms. The maximum atomic E-state index is 13.7. The Balaban J connectivity index is 0.962. The van der Waals surface area contributed by atoms with Crippen molar-refractivity contribution in [2.24, 2.45) is 17.3 Å². The summed E-state index contributed by atoms with van der Waals surface area (Å²) < 4.78 is 16.0. The molecule has 0 aliphatic heterocycles. The molecule has 4 aromatic rings. The van der Waals surface area contributed by atoms with Crippen LogP contribution in [0.5, 0.6) is 11.5 Å². The molecule has 0 bridgehead atoms. The summed E-state index contributed by atoms with van der Waals surface area (Å²) in [5.41, 5.74) is 3.50. The number of rotatable bonds is 19. The van der Waals surface area contributed by atoms with Gasteiger partial charge in [-0.1, -0.05) is 84.7 Å². The van der Waals surface area contributed by atoms with Crippen molar-refractivity contribution < 1.29 is 52.6 Å². The van der Waals surface area contributed by atoms with Crippen LogP contribution < -0.4 is 36.1 Å². The molecule has 0 aromatic heterocycles. The zero-order valence-corrected chi connectivity index (χ0v) is 40.3. The predicted octanol–water partition coefficient (Wildman–Crippen LogP) is 4.99. The summed E-state index contributed by atoms with van der Waals surface area (Å²) in [5, 5.41) is 12.9. The maximum absolute atomic E-state index is 13.7. The Morgan fingerprint density at radius 3 is 2.00 bits per heavy atom. The first-order chi connectivity index (χ1) is 33.6. The summed E-state index contributed by atoms with van der Waals surface area (Å²) in [6, 6.07) is 23.2. The number of aryl methyl sites for hydroxylation is 1. The number of ketones is 1. The molecule has 5 N–H and O–H groups in total. The van der Waals surface area contributed by atoms with Gasteiger partial charge >= 0.3 is 11.9 Å². The van der Waals surface area contributed by atoms with Gasteiger partial charge < -0.3 is 40.8 Å². The fraction of sp³-hybridized carbons (Fsp3) is 0.385. The van der Waals surface area contributed by atoms with Crippen molar-refractivity contribution in [3.05, 3.63) is 129 Å². The molecule has 2 fully saturated rings. The van der Waals surface area contributed by atoms with Crippen LogP contribution in [0.4, 0.5) is 0 Å². The number of methoxy groups -OCH3 is 1. The fourth-order valence-electron chi connectivity index (χ4n) is 9.98. The van der Waals surface area contributed by atoms with E-state index in [1.807, 2.05) is 12.1 Å². The van der Waals surface area contributed by atoms with Crippen molar-refractivity contribution in [2.45, 2.75) is 76.3 Å². The van der Waals surface area contributed by atoms with Gasteiger partial charge in [-0.05, 0) is 109 Å². The van der Waals surface area contributed by atoms with Crippen molar-refractivity contribution in [2.75, 3.05) is 33.4 Å². The molecule has 3 aliphatic rings. The maximum Gasteiger partial charge on any atom is 0.346 e. The lowest BCUT2D eigenvalue weighted by atomic mass is 9.55. The Kier molecular flexibility index (Phi) is 16.9. The third kappa shape index (κ3) is 12.7. The topological polar surface area (TPSA) is 224 Å². The predicted molar refractivity (Wildman–Crippen MR) is 258 cm³/mol. The molecule has 6 atom stereocenters. The van der Waals surface area contributed by atoms with Crippen LogP contribution in [0, 0.1) is 17.3 Å². The van der Waals surface area contributed by atoms with Crippen molar-refractivity contribution in [3.8, 4) is 11.5 Å². The van der Waals surface area contributed by atoms with Crippen LogP contribution in [0.2, 0.25) is 10.0 Å². The second-order valence-corrected chi connectivity index (χ2v) is 18.8. The molecular formula is C52H55Cl2N5O11. The number of halogens is 2. The quantitative estimate of drug-likeness (QED) is 0.0622. The van der Waals surface area contributed by atoms with E-state index >= 15 is 0 Å². The minimum absolute atomic E-state index is 0.00295. The van der Waals surface area contributed by atoms with E-state index in [-0.39, 0.29) is 39.6 Å². The number of hydrogen-bond acceptors (Lipinski definition) is 11.